The van der Waals surface area contributed by atoms with E-state index in [4.69, 9.17) is 18.6 Å². The Hall–Kier alpha value is -3.45. The smallest absolute Gasteiger partial charge is 0.205 e. The van der Waals surface area contributed by atoms with E-state index in [-0.39, 0.29) is 35.0 Å². The molecule has 32 heavy (non-hydrogen) atoms. The van der Waals surface area contributed by atoms with Crippen molar-refractivity contribution in [3.05, 3.63) is 53.8 Å². The number of hydrogen-bond acceptors (Lipinski definition) is 7. The number of fused-ring (bicyclic) bond motifs is 1. The topological polar surface area (TPSA) is 90.2 Å². The number of rotatable bonds is 8. The Morgan fingerprint density at radius 1 is 1.19 bits per heavy atom. The first kappa shape index (κ1) is 21.8. The number of ketones is 1. The van der Waals surface area contributed by atoms with Crippen molar-refractivity contribution in [2.24, 2.45) is 0 Å². The lowest BCUT2D eigenvalue weighted by atomic mass is 10.0. The molecule has 0 amide bonds. The number of phenols is 1. The fourth-order valence-corrected chi connectivity index (χ4v) is 4.11. The number of allylic oxidation sites excluding steroid dienone is 1. The molecule has 7 heteroatoms. The Morgan fingerprint density at radius 2 is 1.97 bits per heavy atom. The van der Waals surface area contributed by atoms with Crippen LogP contribution in [0.2, 0.25) is 0 Å². The fourth-order valence-electron chi connectivity index (χ4n) is 4.11. The maximum Gasteiger partial charge on any atom is 0.205 e. The van der Waals surface area contributed by atoms with Crippen LogP contribution < -0.4 is 19.5 Å². The van der Waals surface area contributed by atoms with E-state index in [1.807, 2.05) is 6.92 Å². The monoisotopic (exact) mass is 437 g/mol. The maximum atomic E-state index is 13.4. The third kappa shape index (κ3) is 4.03. The number of furan rings is 1. The van der Waals surface area contributed by atoms with Gasteiger partial charge in [-0.3, -0.25) is 4.79 Å². The van der Waals surface area contributed by atoms with Crippen molar-refractivity contribution in [1.29, 1.82) is 0 Å². The van der Waals surface area contributed by atoms with Crippen LogP contribution in [0.5, 0.6) is 23.0 Å². The quantitative estimate of drug-likeness (QED) is 0.394. The Balaban J connectivity index is 1.83. The standard InChI is InChI=1S/C25H27NO6/c1-15(18-8-6-13-26-18)32-24-21(20(28)11-10-16-7-4-5-9-19(16)27)22(29-2)17-12-14-31-23(17)25(24)30-3/h4-5,7,9-12,14-15,18,26-27H,6,8,13H2,1-3H3/b11-10+. The molecular weight excluding hydrogens is 410 g/mol. The molecule has 0 saturated carbocycles. The third-order valence-electron chi connectivity index (χ3n) is 5.75. The van der Waals surface area contributed by atoms with Gasteiger partial charge in [-0.2, -0.15) is 0 Å². The van der Waals surface area contributed by atoms with Crippen LogP contribution in [0, 0.1) is 0 Å². The van der Waals surface area contributed by atoms with E-state index in [0.717, 1.165) is 19.4 Å². The van der Waals surface area contributed by atoms with Gasteiger partial charge in [-0.15, -0.1) is 0 Å². The molecule has 0 bridgehead atoms. The van der Waals surface area contributed by atoms with Crippen LogP contribution in [0.25, 0.3) is 17.0 Å². The van der Waals surface area contributed by atoms with Crippen LogP contribution in [-0.4, -0.2) is 43.8 Å². The molecule has 1 fully saturated rings. The predicted molar refractivity (Wildman–Crippen MR) is 122 cm³/mol. The maximum absolute atomic E-state index is 13.4. The second-order valence-electron chi connectivity index (χ2n) is 7.72. The highest BCUT2D eigenvalue weighted by molar-refractivity contribution is 6.15. The van der Waals surface area contributed by atoms with Gasteiger partial charge in [-0.05, 0) is 50.6 Å². The van der Waals surface area contributed by atoms with Gasteiger partial charge >= 0.3 is 0 Å². The fraction of sp³-hybridized carbons (Fsp3) is 0.320. The summed E-state index contributed by atoms with van der Waals surface area (Å²) < 4.78 is 23.3. The lowest BCUT2D eigenvalue weighted by molar-refractivity contribution is 0.103. The summed E-state index contributed by atoms with van der Waals surface area (Å²) in [6, 6.07) is 8.69. The molecule has 3 aromatic rings. The van der Waals surface area contributed by atoms with E-state index in [1.165, 1.54) is 26.6 Å². The van der Waals surface area contributed by atoms with Gasteiger partial charge in [0.1, 0.15) is 23.2 Å². The molecule has 0 aliphatic carbocycles. The molecule has 2 atom stereocenters. The van der Waals surface area contributed by atoms with E-state index in [0.29, 0.717) is 28.0 Å². The summed E-state index contributed by atoms with van der Waals surface area (Å²) in [5, 5.41) is 14.1. The van der Waals surface area contributed by atoms with Crippen LogP contribution in [0.3, 0.4) is 0 Å². The lowest BCUT2D eigenvalue weighted by Gasteiger charge is -2.24. The van der Waals surface area contributed by atoms with Crippen LogP contribution in [0.15, 0.2) is 47.1 Å². The molecule has 2 heterocycles. The molecule has 168 valence electrons. The van der Waals surface area contributed by atoms with Gasteiger partial charge in [0, 0.05) is 11.6 Å². The zero-order valence-electron chi connectivity index (χ0n) is 18.4. The lowest BCUT2D eigenvalue weighted by Crippen LogP contribution is -2.37. The Kier molecular flexibility index (Phi) is 6.37. The molecule has 0 spiro atoms. The van der Waals surface area contributed by atoms with Gasteiger partial charge in [0.15, 0.2) is 17.1 Å². The predicted octanol–water partition coefficient (Wildman–Crippen LogP) is 4.57. The van der Waals surface area contributed by atoms with Crippen molar-refractivity contribution in [1.82, 2.24) is 5.32 Å². The molecular formula is C25H27NO6. The Morgan fingerprint density at radius 3 is 2.66 bits per heavy atom. The van der Waals surface area contributed by atoms with Crippen molar-refractivity contribution >= 4 is 22.8 Å². The number of phenolic OH excluding ortho intramolecular Hbond substituents is 1. The highest BCUT2D eigenvalue weighted by Gasteiger charge is 2.31. The molecule has 7 nitrogen and oxygen atoms in total. The summed E-state index contributed by atoms with van der Waals surface area (Å²) in [7, 11) is 3.02. The average Bonchev–Trinajstić information content (AvgIpc) is 3.50. The first-order chi connectivity index (χ1) is 15.5. The number of carbonyl (C=O) groups is 1. The van der Waals surface area contributed by atoms with Gasteiger partial charge in [0.2, 0.25) is 5.75 Å². The summed E-state index contributed by atoms with van der Waals surface area (Å²) in [4.78, 5) is 13.4. The largest absolute Gasteiger partial charge is 0.507 e. The van der Waals surface area contributed by atoms with E-state index in [1.54, 1.807) is 36.4 Å². The van der Waals surface area contributed by atoms with Crippen molar-refractivity contribution in [3.8, 4) is 23.0 Å². The number of hydrogen-bond donors (Lipinski definition) is 2. The van der Waals surface area contributed by atoms with Gasteiger partial charge in [0.05, 0.1) is 25.9 Å². The normalized spacial score (nSPS) is 17.0. The van der Waals surface area contributed by atoms with Crippen LogP contribution in [0.1, 0.15) is 35.7 Å². The van der Waals surface area contributed by atoms with Crippen LogP contribution >= 0.6 is 0 Å². The molecule has 2 aromatic carbocycles. The van der Waals surface area contributed by atoms with Gasteiger partial charge < -0.3 is 29.1 Å². The van der Waals surface area contributed by atoms with Crippen molar-refractivity contribution in [2.45, 2.75) is 31.9 Å². The zero-order valence-corrected chi connectivity index (χ0v) is 18.4. The van der Waals surface area contributed by atoms with E-state index in [9.17, 15) is 9.90 Å². The summed E-state index contributed by atoms with van der Waals surface area (Å²) in [5.74, 6) is 0.717. The van der Waals surface area contributed by atoms with Crippen LogP contribution in [-0.2, 0) is 0 Å². The molecule has 1 aliphatic heterocycles. The number of nitrogens with one attached hydrogen (secondary N) is 1. The second-order valence-corrected chi connectivity index (χ2v) is 7.72. The molecule has 1 aromatic heterocycles. The Labute approximate surface area is 186 Å². The highest BCUT2D eigenvalue weighted by Crippen LogP contribution is 2.47. The summed E-state index contributed by atoms with van der Waals surface area (Å²) >= 11 is 0. The summed E-state index contributed by atoms with van der Waals surface area (Å²) in [6.07, 6.45) is 6.33. The van der Waals surface area contributed by atoms with Crippen molar-refractivity contribution in [3.63, 3.8) is 0 Å². The van der Waals surface area contributed by atoms with E-state index >= 15 is 0 Å². The minimum Gasteiger partial charge on any atom is -0.507 e. The van der Waals surface area contributed by atoms with Gasteiger partial charge in [0.25, 0.3) is 0 Å². The number of aromatic hydroxyl groups is 1. The number of para-hydroxylation sites is 1. The number of benzene rings is 2. The minimum absolute atomic E-state index is 0.0868. The number of ether oxygens (including phenoxy) is 3. The SMILES string of the molecule is COc1c(C(=O)/C=C/c2ccccc2O)c(OC(C)C2CCCN2)c(OC)c2occc12. The van der Waals surface area contributed by atoms with Crippen molar-refractivity contribution < 1.29 is 28.5 Å². The molecule has 2 unspecified atom stereocenters. The molecule has 4 rings (SSSR count). The minimum atomic E-state index is -0.340. The highest BCUT2D eigenvalue weighted by atomic mass is 16.5. The zero-order chi connectivity index (χ0) is 22.7. The Bertz CT molecular complexity index is 1140. The first-order valence-corrected chi connectivity index (χ1v) is 10.6. The van der Waals surface area contributed by atoms with Crippen LogP contribution in [0.4, 0.5) is 0 Å². The molecule has 0 radical (unpaired) electrons. The number of carbonyl (C=O) groups excluding carboxylic acids is 1. The average molecular weight is 437 g/mol. The summed E-state index contributed by atoms with van der Waals surface area (Å²) in [5.41, 5.74) is 1.23. The van der Waals surface area contributed by atoms with E-state index in [2.05, 4.69) is 5.32 Å². The summed E-state index contributed by atoms with van der Waals surface area (Å²) in [6.45, 7) is 2.90. The molecule has 1 aliphatic rings. The van der Waals surface area contributed by atoms with Gasteiger partial charge in [-0.25, -0.2) is 0 Å². The molecule has 2 N–H and O–H groups in total. The second kappa shape index (κ2) is 9.36. The van der Waals surface area contributed by atoms with Crippen molar-refractivity contribution in [2.75, 3.05) is 20.8 Å². The first-order valence-electron chi connectivity index (χ1n) is 10.6. The third-order valence-corrected chi connectivity index (χ3v) is 5.75. The van der Waals surface area contributed by atoms with E-state index < -0.39 is 0 Å². The molecule has 1 saturated heterocycles. The number of methoxy groups -OCH3 is 2. The van der Waals surface area contributed by atoms with Gasteiger partial charge in [-0.1, -0.05) is 18.2 Å².